The minimum atomic E-state index is -0.668. The van der Waals surface area contributed by atoms with E-state index in [2.05, 4.69) is 0 Å². The Kier molecular flexibility index (Phi) is 6.45. The summed E-state index contributed by atoms with van der Waals surface area (Å²) < 4.78 is 12.5. The van der Waals surface area contributed by atoms with Crippen LogP contribution in [0.1, 0.15) is 48.0 Å². The van der Waals surface area contributed by atoms with Crippen molar-refractivity contribution in [3.8, 4) is 0 Å². The van der Waals surface area contributed by atoms with E-state index in [1.165, 1.54) is 0 Å². The molecule has 2 aliphatic rings. The molecule has 2 aromatic carbocycles. The van der Waals surface area contributed by atoms with E-state index in [9.17, 15) is 4.79 Å². The highest BCUT2D eigenvalue weighted by atomic mass is 35.5. The van der Waals surface area contributed by atoms with Crippen LogP contribution in [0, 0.1) is 0 Å². The fourth-order valence-electron chi connectivity index (χ4n) is 4.19. The predicted molar refractivity (Wildman–Crippen MR) is 114 cm³/mol. The SMILES string of the molecule is O=C(c1ccccc1)N1CCCC(OC2CCCCO2)(c2ccc(Cl)c(Cl)c2)C1. The van der Waals surface area contributed by atoms with Gasteiger partial charge in [-0.2, -0.15) is 0 Å². The van der Waals surface area contributed by atoms with Crippen molar-refractivity contribution in [3.63, 3.8) is 0 Å². The van der Waals surface area contributed by atoms with Gasteiger partial charge >= 0.3 is 0 Å². The van der Waals surface area contributed by atoms with Crippen molar-refractivity contribution in [2.75, 3.05) is 19.7 Å². The molecule has 2 aromatic rings. The summed E-state index contributed by atoms with van der Waals surface area (Å²) in [6, 6.07) is 15.0. The van der Waals surface area contributed by atoms with Crippen molar-refractivity contribution in [1.82, 2.24) is 4.90 Å². The standard InChI is InChI=1S/C23H25Cl2NO3/c24-19-11-10-18(15-20(19)25)23(29-21-9-4-5-14-28-21)12-6-13-26(16-23)22(27)17-7-2-1-3-8-17/h1-3,7-8,10-11,15,21H,4-6,9,12-14,16H2. The van der Waals surface area contributed by atoms with E-state index in [0.29, 0.717) is 35.3 Å². The van der Waals surface area contributed by atoms with Crippen molar-refractivity contribution in [3.05, 3.63) is 69.7 Å². The smallest absolute Gasteiger partial charge is 0.253 e. The van der Waals surface area contributed by atoms with Crippen LogP contribution in [0.25, 0.3) is 0 Å². The summed E-state index contributed by atoms with van der Waals surface area (Å²) in [5, 5.41) is 0.996. The van der Waals surface area contributed by atoms with E-state index in [0.717, 1.165) is 37.7 Å². The highest BCUT2D eigenvalue weighted by Gasteiger charge is 2.42. The Morgan fingerprint density at radius 1 is 1.07 bits per heavy atom. The number of piperidine rings is 1. The summed E-state index contributed by atoms with van der Waals surface area (Å²) in [6.45, 7) is 1.86. The van der Waals surface area contributed by atoms with Gasteiger partial charge in [0.2, 0.25) is 0 Å². The lowest BCUT2D eigenvalue weighted by molar-refractivity contribution is -0.240. The molecule has 2 saturated heterocycles. The molecule has 154 valence electrons. The van der Waals surface area contributed by atoms with Crippen LogP contribution in [-0.2, 0) is 15.1 Å². The lowest BCUT2D eigenvalue weighted by Crippen LogP contribution is -2.51. The number of rotatable bonds is 4. The van der Waals surface area contributed by atoms with Gasteiger partial charge in [-0.1, -0.05) is 47.5 Å². The van der Waals surface area contributed by atoms with E-state index < -0.39 is 5.60 Å². The Labute approximate surface area is 181 Å². The van der Waals surface area contributed by atoms with Crippen molar-refractivity contribution in [2.24, 2.45) is 0 Å². The summed E-state index contributed by atoms with van der Waals surface area (Å²) >= 11 is 12.5. The fourth-order valence-corrected chi connectivity index (χ4v) is 4.49. The molecule has 4 rings (SSSR count). The van der Waals surface area contributed by atoms with Gasteiger partial charge in [0.15, 0.2) is 6.29 Å². The van der Waals surface area contributed by atoms with E-state index in [1.54, 1.807) is 6.07 Å². The number of halogens is 2. The monoisotopic (exact) mass is 433 g/mol. The molecule has 2 atom stereocenters. The number of hydrogen-bond acceptors (Lipinski definition) is 3. The molecule has 4 nitrogen and oxygen atoms in total. The molecular weight excluding hydrogens is 409 g/mol. The molecule has 29 heavy (non-hydrogen) atoms. The highest BCUT2D eigenvalue weighted by molar-refractivity contribution is 6.42. The number of benzene rings is 2. The highest BCUT2D eigenvalue weighted by Crippen LogP contribution is 2.40. The van der Waals surface area contributed by atoms with Gasteiger partial charge in [0, 0.05) is 18.7 Å². The second-order valence-electron chi connectivity index (χ2n) is 7.73. The molecular formula is C23H25Cl2NO3. The second kappa shape index (κ2) is 9.05. The summed E-state index contributed by atoms with van der Waals surface area (Å²) in [5.41, 5.74) is 0.955. The van der Waals surface area contributed by atoms with Crippen molar-refractivity contribution >= 4 is 29.1 Å². The summed E-state index contributed by atoms with van der Waals surface area (Å²) in [4.78, 5) is 15.0. The lowest BCUT2D eigenvalue weighted by Gasteiger charge is -2.45. The number of carbonyl (C=O) groups is 1. The van der Waals surface area contributed by atoms with Crippen LogP contribution >= 0.6 is 23.2 Å². The van der Waals surface area contributed by atoms with Crippen molar-refractivity contribution in [2.45, 2.75) is 44.0 Å². The van der Waals surface area contributed by atoms with Gasteiger partial charge in [-0.3, -0.25) is 4.79 Å². The summed E-state index contributed by atoms with van der Waals surface area (Å²) in [6.07, 6.45) is 4.35. The van der Waals surface area contributed by atoms with Crippen LogP contribution in [-0.4, -0.2) is 36.8 Å². The molecule has 2 unspecified atom stereocenters. The Morgan fingerprint density at radius 3 is 2.62 bits per heavy atom. The predicted octanol–water partition coefficient (Wildman–Crippen LogP) is 5.67. The molecule has 0 spiro atoms. The topological polar surface area (TPSA) is 38.8 Å². The molecule has 0 N–H and O–H groups in total. The van der Waals surface area contributed by atoms with Gasteiger partial charge in [-0.25, -0.2) is 0 Å². The van der Waals surface area contributed by atoms with Gasteiger partial charge in [-0.15, -0.1) is 0 Å². The average molecular weight is 434 g/mol. The van der Waals surface area contributed by atoms with Crippen molar-refractivity contribution in [1.29, 1.82) is 0 Å². The molecule has 6 heteroatoms. The molecule has 0 bridgehead atoms. The number of likely N-dealkylation sites (tertiary alicyclic amines) is 1. The van der Waals surface area contributed by atoms with Gasteiger partial charge < -0.3 is 14.4 Å². The van der Waals surface area contributed by atoms with Crippen LogP contribution in [0.3, 0.4) is 0 Å². The number of hydrogen-bond donors (Lipinski definition) is 0. The Morgan fingerprint density at radius 2 is 1.90 bits per heavy atom. The maximum atomic E-state index is 13.1. The maximum absolute atomic E-state index is 13.1. The number of amides is 1. The molecule has 0 aromatic heterocycles. The van der Waals surface area contributed by atoms with Crippen LogP contribution < -0.4 is 0 Å². The lowest BCUT2D eigenvalue weighted by atomic mass is 9.85. The molecule has 2 aliphatic heterocycles. The molecule has 2 fully saturated rings. The second-order valence-corrected chi connectivity index (χ2v) is 8.55. The quantitative estimate of drug-likeness (QED) is 0.623. The van der Waals surface area contributed by atoms with Crippen molar-refractivity contribution < 1.29 is 14.3 Å². The van der Waals surface area contributed by atoms with Gasteiger partial charge in [0.05, 0.1) is 16.6 Å². The fraction of sp³-hybridized carbons (Fsp3) is 0.435. The molecule has 0 radical (unpaired) electrons. The number of ether oxygens (including phenoxy) is 2. The molecule has 1 amide bonds. The van der Waals surface area contributed by atoms with E-state index in [-0.39, 0.29) is 12.2 Å². The largest absolute Gasteiger partial charge is 0.353 e. The first-order valence-electron chi connectivity index (χ1n) is 10.2. The number of nitrogens with zero attached hydrogens (tertiary/aromatic N) is 1. The summed E-state index contributed by atoms with van der Waals surface area (Å²) in [5.74, 6) is 0.0166. The maximum Gasteiger partial charge on any atom is 0.253 e. The third-order valence-corrected chi connectivity index (χ3v) is 6.44. The Hall–Kier alpha value is -1.59. The minimum absolute atomic E-state index is 0.0166. The van der Waals surface area contributed by atoms with Crippen LogP contribution in [0.4, 0.5) is 0 Å². The van der Waals surface area contributed by atoms with Crippen LogP contribution in [0.5, 0.6) is 0 Å². The zero-order valence-electron chi connectivity index (χ0n) is 16.3. The summed E-state index contributed by atoms with van der Waals surface area (Å²) in [7, 11) is 0. The van der Waals surface area contributed by atoms with Gasteiger partial charge in [-0.05, 0) is 61.9 Å². The third kappa shape index (κ3) is 4.61. The Balaban J connectivity index is 1.65. The first-order chi connectivity index (χ1) is 14.1. The Bertz CT molecular complexity index is 854. The zero-order chi connectivity index (χ0) is 20.3. The molecule has 0 aliphatic carbocycles. The normalized spacial score (nSPS) is 25.0. The molecule has 0 saturated carbocycles. The zero-order valence-corrected chi connectivity index (χ0v) is 17.8. The average Bonchev–Trinajstić information content (AvgIpc) is 2.76. The van der Waals surface area contributed by atoms with Crippen LogP contribution in [0.2, 0.25) is 10.0 Å². The van der Waals surface area contributed by atoms with E-state index >= 15 is 0 Å². The first-order valence-corrected chi connectivity index (χ1v) is 10.9. The minimum Gasteiger partial charge on any atom is -0.353 e. The number of carbonyl (C=O) groups excluding carboxylic acids is 1. The van der Waals surface area contributed by atoms with Gasteiger partial charge in [0.25, 0.3) is 5.91 Å². The van der Waals surface area contributed by atoms with Gasteiger partial charge in [0.1, 0.15) is 5.60 Å². The van der Waals surface area contributed by atoms with Crippen LogP contribution in [0.15, 0.2) is 48.5 Å². The van der Waals surface area contributed by atoms with E-state index in [1.807, 2.05) is 47.4 Å². The molecule has 2 heterocycles. The van der Waals surface area contributed by atoms with E-state index in [4.69, 9.17) is 32.7 Å². The first kappa shape index (κ1) is 20.7. The third-order valence-electron chi connectivity index (χ3n) is 5.70.